The maximum absolute atomic E-state index is 9.29. The van der Waals surface area contributed by atoms with Crippen molar-refractivity contribution in [3.8, 4) is 0 Å². The number of ether oxygens (including phenoxy) is 1. The van der Waals surface area contributed by atoms with Gasteiger partial charge in [0.25, 0.3) is 0 Å². The average molecular weight is 343 g/mol. The van der Waals surface area contributed by atoms with Crippen molar-refractivity contribution in [1.29, 1.82) is 0 Å². The normalized spacial score (nSPS) is 14.3. The molecule has 0 aromatic rings. The van der Waals surface area contributed by atoms with Crippen molar-refractivity contribution >= 4 is 23.2 Å². The minimum Gasteiger partial charge on any atom is -0.392 e. The van der Waals surface area contributed by atoms with Gasteiger partial charge in [0.15, 0.2) is 0 Å². The molecule has 0 saturated carbocycles. The van der Waals surface area contributed by atoms with Gasteiger partial charge in [0.05, 0.1) is 12.2 Å². The molecule has 0 spiro atoms. The predicted molar refractivity (Wildman–Crippen MR) is 90.4 cm³/mol. The number of aliphatic hydroxyl groups excluding tert-OH is 2. The molecule has 2 atom stereocenters. The molecule has 0 saturated heterocycles. The van der Waals surface area contributed by atoms with Crippen molar-refractivity contribution in [3.05, 3.63) is 0 Å². The van der Waals surface area contributed by atoms with Crippen LogP contribution in [0.25, 0.3) is 0 Å². The Kier molecular flexibility index (Phi) is 17.2. The predicted octanol–water partition coefficient (Wildman–Crippen LogP) is 4.10. The van der Waals surface area contributed by atoms with E-state index in [2.05, 4.69) is 0 Å². The van der Waals surface area contributed by atoms with Gasteiger partial charge in [-0.15, -0.1) is 23.2 Å². The summed E-state index contributed by atoms with van der Waals surface area (Å²) in [6, 6.07) is 0. The summed E-state index contributed by atoms with van der Waals surface area (Å²) in [5, 5.41) is 18.6. The van der Waals surface area contributed by atoms with Gasteiger partial charge in [-0.05, 0) is 25.7 Å². The second kappa shape index (κ2) is 16.8. The Labute approximate surface area is 140 Å². The minimum absolute atomic E-state index is 0.339. The van der Waals surface area contributed by atoms with Crippen molar-refractivity contribution in [2.45, 2.75) is 76.4 Å². The molecule has 0 bridgehead atoms. The van der Waals surface area contributed by atoms with Crippen LogP contribution in [-0.4, -0.2) is 47.4 Å². The van der Waals surface area contributed by atoms with E-state index in [0.29, 0.717) is 11.8 Å². The average Bonchev–Trinajstić information content (AvgIpc) is 2.51. The van der Waals surface area contributed by atoms with Crippen LogP contribution in [0.2, 0.25) is 0 Å². The smallest absolute Gasteiger partial charge is 0.0675 e. The molecule has 0 fully saturated rings. The van der Waals surface area contributed by atoms with Crippen LogP contribution in [0.15, 0.2) is 0 Å². The number of halogens is 2. The first-order valence-electron chi connectivity index (χ1n) is 8.26. The molecule has 2 N–H and O–H groups in total. The fourth-order valence-electron chi connectivity index (χ4n) is 2.13. The standard InChI is InChI=1S/C16H32Cl2O3/c17-13-15(19)9-5-1-3-7-11-21-12-8-4-2-6-10-16(20)14-18/h15-16,19-20H,1-14H2. The highest BCUT2D eigenvalue weighted by molar-refractivity contribution is 6.18. The Morgan fingerprint density at radius 1 is 0.619 bits per heavy atom. The van der Waals surface area contributed by atoms with Crippen molar-refractivity contribution in [3.63, 3.8) is 0 Å². The molecule has 0 aliphatic rings. The molecule has 21 heavy (non-hydrogen) atoms. The highest BCUT2D eigenvalue weighted by Gasteiger charge is 2.01. The van der Waals surface area contributed by atoms with E-state index in [1.165, 1.54) is 0 Å². The molecule has 0 rings (SSSR count). The molecule has 3 nitrogen and oxygen atoms in total. The molecule has 0 aromatic carbocycles. The third-order valence-electron chi connectivity index (χ3n) is 3.51. The first-order valence-corrected chi connectivity index (χ1v) is 9.33. The zero-order valence-electron chi connectivity index (χ0n) is 13.1. The number of aliphatic hydroxyl groups is 2. The van der Waals surface area contributed by atoms with Crippen molar-refractivity contribution < 1.29 is 14.9 Å². The van der Waals surface area contributed by atoms with E-state index in [1.54, 1.807) is 0 Å². The molecular formula is C16H32Cl2O3. The van der Waals surface area contributed by atoms with Crippen LogP contribution >= 0.6 is 23.2 Å². The summed E-state index contributed by atoms with van der Waals surface area (Å²) in [6.07, 6.45) is 9.81. The molecule has 2 unspecified atom stereocenters. The molecule has 0 aliphatic heterocycles. The number of alkyl halides is 2. The third-order valence-corrected chi connectivity index (χ3v) is 4.22. The second-order valence-corrected chi connectivity index (χ2v) is 6.25. The first kappa shape index (κ1) is 21.5. The van der Waals surface area contributed by atoms with E-state index in [0.717, 1.165) is 77.4 Å². The Morgan fingerprint density at radius 3 is 1.38 bits per heavy atom. The summed E-state index contributed by atoms with van der Waals surface area (Å²) < 4.78 is 5.59. The van der Waals surface area contributed by atoms with Crippen molar-refractivity contribution in [1.82, 2.24) is 0 Å². The topological polar surface area (TPSA) is 49.7 Å². The van der Waals surface area contributed by atoms with Gasteiger partial charge in [0.1, 0.15) is 0 Å². The molecule has 128 valence electrons. The molecule has 0 amide bonds. The van der Waals surface area contributed by atoms with Crippen LogP contribution in [0, 0.1) is 0 Å². The second-order valence-electron chi connectivity index (χ2n) is 5.63. The van der Waals surface area contributed by atoms with Gasteiger partial charge in [0, 0.05) is 25.0 Å². The van der Waals surface area contributed by atoms with Crippen LogP contribution in [0.4, 0.5) is 0 Å². The largest absolute Gasteiger partial charge is 0.392 e. The highest BCUT2D eigenvalue weighted by atomic mass is 35.5. The van der Waals surface area contributed by atoms with Gasteiger partial charge in [-0.3, -0.25) is 0 Å². The molecule has 0 aromatic heterocycles. The summed E-state index contributed by atoms with van der Waals surface area (Å²) in [5.74, 6) is 0.682. The monoisotopic (exact) mass is 342 g/mol. The van der Waals surface area contributed by atoms with E-state index in [9.17, 15) is 10.2 Å². The van der Waals surface area contributed by atoms with Gasteiger partial charge in [-0.2, -0.15) is 0 Å². The maximum atomic E-state index is 9.29. The zero-order chi connectivity index (χ0) is 15.8. The Morgan fingerprint density at radius 2 is 1.00 bits per heavy atom. The number of unbranched alkanes of at least 4 members (excludes halogenated alkanes) is 6. The van der Waals surface area contributed by atoms with Gasteiger partial charge in [-0.1, -0.05) is 38.5 Å². The summed E-state index contributed by atoms with van der Waals surface area (Å²) in [5.41, 5.74) is 0. The van der Waals surface area contributed by atoms with E-state index in [1.807, 2.05) is 0 Å². The number of rotatable bonds is 16. The highest BCUT2D eigenvalue weighted by Crippen LogP contribution is 2.08. The van der Waals surface area contributed by atoms with E-state index in [4.69, 9.17) is 27.9 Å². The quantitative estimate of drug-likeness (QED) is 0.328. The van der Waals surface area contributed by atoms with Crippen molar-refractivity contribution in [2.75, 3.05) is 25.0 Å². The lowest BCUT2D eigenvalue weighted by molar-refractivity contribution is 0.124. The lowest BCUT2D eigenvalue weighted by Gasteiger charge is -2.07. The fraction of sp³-hybridized carbons (Fsp3) is 1.00. The lowest BCUT2D eigenvalue weighted by atomic mass is 10.1. The Bertz CT molecular complexity index is 186. The Hall–Kier alpha value is 0.460. The fourth-order valence-corrected chi connectivity index (χ4v) is 2.44. The maximum Gasteiger partial charge on any atom is 0.0675 e. The van der Waals surface area contributed by atoms with Crippen LogP contribution in [-0.2, 0) is 4.74 Å². The van der Waals surface area contributed by atoms with Crippen LogP contribution in [0.3, 0.4) is 0 Å². The van der Waals surface area contributed by atoms with Gasteiger partial charge in [-0.25, -0.2) is 0 Å². The van der Waals surface area contributed by atoms with E-state index in [-0.39, 0.29) is 12.2 Å². The summed E-state index contributed by atoms with van der Waals surface area (Å²) in [6.45, 7) is 1.67. The van der Waals surface area contributed by atoms with Crippen LogP contribution in [0.1, 0.15) is 64.2 Å². The summed E-state index contributed by atoms with van der Waals surface area (Å²) in [7, 11) is 0. The lowest BCUT2D eigenvalue weighted by Crippen LogP contribution is -2.07. The van der Waals surface area contributed by atoms with Crippen LogP contribution < -0.4 is 0 Å². The Balaban J connectivity index is 3.03. The molecular weight excluding hydrogens is 311 g/mol. The van der Waals surface area contributed by atoms with Gasteiger partial charge < -0.3 is 14.9 Å². The summed E-state index contributed by atoms with van der Waals surface area (Å²) in [4.78, 5) is 0. The molecule has 0 radical (unpaired) electrons. The molecule has 0 aliphatic carbocycles. The van der Waals surface area contributed by atoms with Crippen molar-refractivity contribution in [2.24, 2.45) is 0 Å². The number of hydrogen-bond acceptors (Lipinski definition) is 3. The summed E-state index contributed by atoms with van der Waals surface area (Å²) >= 11 is 11.1. The van der Waals surface area contributed by atoms with E-state index >= 15 is 0 Å². The van der Waals surface area contributed by atoms with Gasteiger partial charge in [0.2, 0.25) is 0 Å². The minimum atomic E-state index is -0.339. The van der Waals surface area contributed by atoms with Crippen LogP contribution in [0.5, 0.6) is 0 Å². The number of hydrogen-bond donors (Lipinski definition) is 2. The zero-order valence-corrected chi connectivity index (χ0v) is 14.6. The SMILES string of the molecule is OC(CCl)CCCCCCOCCCCCCC(O)CCl. The van der Waals surface area contributed by atoms with Gasteiger partial charge >= 0.3 is 0 Å². The van der Waals surface area contributed by atoms with E-state index < -0.39 is 0 Å². The third kappa shape index (κ3) is 16.7. The molecule has 0 heterocycles. The molecule has 5 heteroatoms. The first-order chi connectivity index (χ1) is 10.2.